The van der Waals surface area contributed by atoms with Gasteiger partial charge in [0.1, 0.15) is 11.6 Å². The van der Waals surface area contributed by atoms with Crippen molar-refractivity contribution in [1.82, 2.24) is 0 Å². The number of thioether (sulfide) groups is 1. The minimum Gasteiger partial charge on any atom is -0.376 e. The molecule has 0 aliphatic carbocycles. The van der Waals surface area contributed by atoms with Crippen LogP contribution in [0.3, 0.4) is 0 Å². The standard InChI is InChI=1S/C23H21F2N3O2S/c1-28(2)20-9-6-15(22(26)29)11-19(20)27-23(30)16-5-3-4-14(10-16)13-31-21-12-17(24)7-8-18(21)25/h3-12H,13H2,1-2H3,(H2,26,29)(H,27,30). The Balaban J connectivity index is 1.78. The second kappa shape index (κ2) is 9.61. The Labute approximate surface area is 183 Å². The van der Waals surface area contributed by atoms with Crippen LogP contribution in [0.5, 0.6) is 0 Å². The molecule has 31 heavy (non-hydrogen) atoms. The van der Waals surface area contributed by atoms with Crippen molar-refractivity contribution in [2.75, 3.05) is 24.3 Å². The van der Waals surface area contributed by atoms with Gasteiger partial charge >= 0.3 is 0 Å². The highest BCUT2D eigenvalue weighted by Crippen LogP contribution is 2.28. The van der Waals surface area contributed by atoms with Gasteiger partial charge in [0.2, 0.25) is 5.91 Å². The molecule has 0 bridgehead atoms. The molecule has 0 aliphatic heterocycles. The van der Waals surface area contributed by atoms with Crippen LogP contribution in [0.2, 0.25) is 0 Å². The van der Waals surface area contributed by atoms with Crippen molar-refractivity contribution in [2.45, 2.75) is 10.6 Å². The zero-order valence-corrected chi connectivity index (χ0v) is 17.8. The number of benzene rings is 3. The highest BCUT2D eigenvalue weighted by molar-refractivity contribution is 7.98. The predicted octanol–water partition coefficient (Wildman–Crippen LogP) is 4.67. The van der Waals surface area contributed by atoms with Crippen molar-refractivity contribution < 1.29 is 18.4 Å². The molecule has 3 rings (SSSR count). The Morgan fingerprint density at radius 2 is 1.77 bits per heavy atom. The first-order valence-electron chi connectivity index (χ1n) is 9.34. The fourth-order valence-electron chi connectivity index (χ4n) is 2.93. The van der Waals surface area contributed by atoms with E-state index in [2.05, 4.69) is 5.32 Å². The number of halogens is 2. The van der Waals surface area contributed by atoms with Crippen LogP contribution < -0.4 is 16.0 Å². The largest absolute Gasteiger partial charge is 0.376 e. The molecule has 0 heterocycles. The molecule has 0 saturated carbocycles. The molecule has 3 aromatic rings. The van der Waals surface area contributed by atoms with E-state index in [1.54, 1.807) is 41.3 Å². The SMILES string of the molecule is CN(C)c1ccc(C(N)=O)cc1NC(=O)c1cccc(CSc2cc(F)ccc2F)c1. The molecule has 5 nitrogen and oxygen atoms in total. The first-order chi connectivity index (χ1) is 14.7. The number of nitrogens with one attached hydrogen (secondary N) is 1. The number of primary amides is 1. The minimum atomic E-state index is -0.593. The van der Waals surface area contributed by atoms with Crippen LogP contribution >= 0.6 is 11.8 Å². The summed E-state index contributed by atoms with van der Waals surface area (Å²) >= 11 is 1.15. The van der Waals surface area contributed by atoms with Gasteiger partial charge in [-0.3, -0.25) is 9.59 Å². The van der Waals surface area contributed by atoms with Gasteiger partial charge < -0.3 is 16.0 Å². The van der Waals surface area contributed by atoms with Gasteiger partial charge in [-0.05, 0) is 54.1 Å². The first kappa shape index (κ1) is 22.3. The molecule has 0 fully saturated rings. The molecule has 0 aliphatic rings. The van der Waals surface area contributed by atoms with Crippen molar-refractivity contribution >= 4 is 35.0 Å². The number of nitrogens with zero attached hydrogens (tertiary/aromatic N) is 1. The van der Waals surface area contributed by atoms with E-state index in [1.165, 1.54) is 6.07 Å². The normalized spacial score (nSPS) is 10.6. The Kier molecular flexibility index (Phi) is 6.91. The fraction of sp³-hybridized carbons (Fsp3) is 0.130. The van der Waals surface area contributed by atoms with E-state index in [4.69, 9.17) is 5.73 Å². The van der Waals surface area contributed by atoms with Gasteiger partial charge in [0.05, 0.1) is 11.4 Å². The topological polar surface area (TPSA) is 75.4 Å². The maximum atomic E-state index is 13.8. The third-order valence-corrected chi connectivity index (χ3v) is 5.59. The van der Waals surface area contributed by atoms with Crippen LogP contribution in [-0.2, 0) is 5.75 Å². The number of amides is 2. The molecule has 2 amide bonds. The Hall–Kier alpha value is -3.39. The molecule has 0 radical (unpaired) electrons. The monoisotopic (exact) mass is 441 g/mol. The molecular formula is C23H21F2N3O2S. The van der Waals surface area contributed by atoms with Crippen LogP contribution in [0.15, 0.2) is 65.6 Å². The summed E-state index contributed by atoms with van der Waals surface area (Å²) in [5.41, 5.74) is 7.97. The molecule has 160 valence electrons. The summed E-state index contributed by atoms with van der Waals surface area (Å²) in [4.78, 5) is 26.4. The second-order valence-corrected chi connectivity index (χ2v) is 8.03. The van der Waals surface area contributed by atoms with E-state index in [0.29, 0.717) is 22.7 Å². The van der Waals surface area contributed by atoms with E-state index < -0.39 is 17.5 Å². The van der Waals surface area contributed by atoms with Gasteiger partial charge in [-0.25, -0.2) is 8.78 Å². The van der Waals surface area contributed by atoms with Gasteiger partial charge in [-0.1, -0.05) is 12.1 Å². The number of carbonyl (C=O) groups excluding carboxylic acids is 2. The van der Waals surface area contributed by atoms with Crippen molar-refractivity contribution in [1.29, 1.82) is 0 Å². The molecule has 0 unspecified atom stereocenters. The fourth-order valence-corrected chi connectivity index (χ4v) is 3.83. The molecular weight excluding hydrogens is 420 g/mol. The summed E-state index contributed by atoms with van der Waals surface area (Å²) in [5.74, 6) is -1.60. The van der Waals surface area contributed by atoms with Crippen LogP contribution in [0.25, 0.3) is 0 Å². The average molecular weight is 442 g/mol. The number of nitrogens with two attached hydrogens (primary N) is 1. The lowest BCUT2D eigenvalue weighted by Gasteiger charge is -2.19. The molecule has 3 aromatic carbocycles. The first-order valence-corrected chi connectivity index (χ1v) is 10.3. The zero-order valence-electron chi connectivity index (χ0n) is 17.0. The number of hydrogen-bond donors (Lipinski definition) is 2. The van der Waals surface area contributed by atoms with Crippen molar-refractivity contribution in [3.63, 3.8) is 0 Å². The Morgan fingerprint density at radius 3 is 2.48 bits per heavy atom. The van der Waals surface area contributed by atoms with Crippen LogP contribution in [0, 0.1) is 11.6 Å². The van der Waals surface area contributed by atoms with Gasteiger partial charge in [0.25, 0.3) is 5.91 Å². The number of hydrogen-bond acceptors (Lipinski definition) is 4. The van der Waals surface area contributed by atoms with Crippen LogP contribution in [-0.4, -0.2) is 25.9 Å². The molecule has 0 spiro atoms. The molecule has 8 heteroatoms. The molecule has 0 saturated heterocycles. The van der Waals surface area contributed by atoms with E-state index in [-0.39, 0.29) is 16.4 Å². The highest BCUT2D eigenvalue weighted by Gasteiger charge is 2.14. The lowest BCUT2D eigenvalue weighted by atomic mass is 10.1. The lowest BCUT2D eigenvalue weighted by molar-refractivity contribution is 0.0996. The summed E-state index contributed by atoms with van der Waals surface area (Å²) in [7, 11) is 3.64. The number of anilines is 2. The highest BCUT2D eigenvalue weighted by atomic mass is 32.2. The smallest absolute Gasteiger partial charge is 0.255 e. The summed E-state index contributed by atoms with van der Waals surface area (Å²) < 4.78 is 27.2. The zero-order chi connectivity index (χ0) is 22.5. The quantitative estimate of drug-likeness (QED) is 0.523. The van der Waals surface area contributed by atoms with E-state index in [9.17, 15) is 18.4 Å². The summed E-state index contributed by atoms with van der Waals surface area (Å²) in [6, 6.07) is 15.0. The summed E-state index contributed by atoms with van der Waals surface area (Å²) in [5, 5.41) is 2.82. The lowest BCUT2D eigenvalue weighted by Crippen LogP contribution is -2.18. The number of rotatable bonds is 7. The Morgan fingerprint density at radius 1 is 1.00 bits per heavy atom. The van der Waals surface area contributed by atoms with Crippen LogP contribution in [0.4, 0.5) is 20.2 Å². The molecule has 3 N–H and O–H groups in total. The van der Waals surface area contributed by atoms with Gasteiger partial charge in [0, 0.05) is 35.9 Å². The van der Waals surface area contributed by atoms with Crippen molar-refractivity contribution in [2.24, 2.45) is 5.73 Å². The summed E-state index contributed by atoms with van der Waals surface area (Å²) in [6.45, 7) is 0. The average Bonchev–Trinajstić information content (AvgIpc) is 2.74. The maximum Gasteiger partial charge on any atom is 0.255 e. The van der Waals surface area contributed by atoms with Gasteiger partial charge in [0.15, 0.2) is 0 Å². The number of carbonyl (C=O) groups is 2. The third-order valence-electron chi connectivity index (χ3n) is 4.49. The molecule has 0 atom stereocenters. The van der Waals surface area contributed by atoms with Gasteiger partial charge in [-0.15, -0.1) is 11.8 Å². The summed E-state index contributed by atoms with van der Waals surface area (Å²) in [6.07, 6.45) is 0. The predicted molar refractivity (Wildman–Crippen MR) is 120 cm³/mol. The van der Waals surface area contributed by atoms with Crippen molar-refractivity contribution in [3.05, 3.63) is 89.0 Å². The maximum absolute atomic E-state index is 13.8. The van der Waals surface area contributed by atoms with E-state index in [1.807, 2.05) is 14.1 Å². The van der Waals surface area contributed by atoms with Crippen molar-refractivity contribution in [3.8, 4) is 0 Å². The third kappa shape index (κ3) is 5.61. The van der Waals surface area contributed by atoms with E-state index in [0.717, 1.165) is 35.5 Å². The minimum absolute atomic E-state index is 0.203. The Bertz CT molecular complexity index is 1140. The van der Waals surface area contributed by atoms with E-state index >= 15 is 0 Å². The second-order valence-electron chi connectivity index (χ2n) is 7.01. The molecule has 0 aromatic heterocycles. The van der Waals surface area contributed by atoms with Gasteiger partial charge in [-0.2, -0.15) is 0 Å². The van der Waals surface area contributed by atoms with Crippen LogP contribution in [0.1, 0.15) is 26.3 Å².